The highest BCUT2D eigenvalue weighted by Crippen LogP contribution is 2.23. The van der Waals surface area contributed by atoms with Crippen LogP contribution in [0, 0.1) is 11.8 Å². The molecule has 0 aromatic carbocycles. The van der Waals surface area contributed by atoms with E-state index in [1.54, 1.807) is 17.1 Å². The Labute approximate surface area is 102 Å². The molecule has 0 bridgehead atoms. The van der Waals surface area contributed by atoms with E-state index < -0.39 is 0 Å². The van der Waals surface area contributed by atoms with E-state index in [0.29, 0.717) is 23.9 Å². The minimum atomic E-state index is 0.0726. The summed E-state index contributed by atoms with van der Waals surface area (Å²) in [5, 5.41) is 4.03. The predicted octanol–water partition coefficient (Wildman–Crippen LogP) is 0.477. The van der Waals surface area contributed by atoms with Crippen LogP contribution in [0.25, 0.3) is 0 Å². The largest absolute Gasteiger partial charge is 0.338 e. The van der Waals surface area contributed by atoms with Gasteiger partial charge in [-0.05, 0) is 24.8 Å². The van der Waals surface area contributed by atoms with Crippen molar-refractivity contribution in [3.8, 4) is 0 Å². The fourth-order valence-corrected chi connectivity index (χ4v) is 2.36. The van der Waals surface area contributed by atoms with Crippen molar-refractivity contribution < 1.29 is 4.79 Å². The summed E-state index contributed by atoms with van der Waals surface area (Å²) in [6.45, 7) is 4.46. The van der Waals surface area contributed by atoms with Crippen molar-refractivity contribution >= 4 is 5.91 Å². The molecule has 2 atom stereocenters. The molecule has 5 heteroatoms. The number of nitrogens with two attached hydrogens (primary N) is 1. The molecular weight excluding hydrogens is 216 g/mol. The smallest absolute Gasteiger partial charge is 0.257 e. The first-order valence-corrected chi connectivity index (χ1v) is 6.09. The maximum absolute atomic E-state index is 12.2. The summed E-state index contributed by atoms with van der Waals surface area (Å²) >= 11 is 0. The van der Waals surface area contributed by atoms with Gasteiger partial charge in [-0.3, -0.25) is 9.48 Å². The van der Waals surface area contributed by atoms with E-state index in [9.17, 15) is 4.79 Å². The predicted molar refractivity (Wildman–Crippen MR) is 65.4 cm³/mol. The van der Waals surface area contributed by atoms with Gasteiger partial charge in [-0.1, -0.05) is 6.92 Å². The zero-order valence-corrected chi connectivity index (χ0v) is 10.5. The van der Waals surface area contributed by atoms with Gasteiger partial charge in [0.25, 0.3) is 5.91 Å². The lowest BCUT2D eigenvalue weighted by atomic mass is 9.87. The van der Waals surface area contributed by atoms with E-state index in [1.807, 2.05) is 11.9 Å². The summed E-state index contributed by atoms with van der Waals surface area (Å²) in [4.78, 5) is 14.1. The first kappa shape index (κ1) is 12.1. The number of carbonyl (C=O) groups is 1. The molecule has 1 aromatic heterocycles. The summed E-state index contributed by atoms with van der Waals surface area (Å²) in [6.07, 6.45) is 4.42. The highest BCUT2D eigenvalue weighted by atomic mass is 16.2. The standard InChI is InChI=1S/C12H20N4O/c1-9-3-4-16(8-10(9)5-13)12(17)11-6-14-15(2)7-11/h6-7,9-10H,3-5,8,13H2,1-2H3. The highest BCUT2D eigenvalue weighted by molar-refractivity contribution is 5.93. The summed E-state index contributed by atoms with van der Waals surface area (Å²) in [5.41, 5.74) is 6.41. The molecular formula is C12H20N4O. The van der Waals surface area contributed by atoms with Gasteiger partial charge in [0.15, 0.2) is 0 Å². The van der Waals surface area contributed by atoms with Crippen LogP contribution in [0.15, 0.2) is 12.4 Å². The van der Waals surface area contributed by atoms with Crippen LogP contribution in [-0.2, 0) is 7.05 Å². The van der Waals surface area contributed by atoms with E-state index in [1.165, 1.54) is 0 Å². The van der Waals surface area contributed by atoms with E-state index in [2.05, 4.69) is 12.0 Å². The van der Waals surface area contributed by atoms with Crippen LogP contribution in [0.1, 0.15) is 23.7 Å². The molecule has 1 aliphatic rings. The van der Waals surface area contributed by atoms with Crippen LogP contribution in [0.2, 0.25) is 0 Å². The Bertz CT molecular complexity index is 401. The lowest BCUT2D eigenvalue weighted by Crippen LogP contribution is -2.45. The minimum absolute atomic E-state index is 0.0726. The molecule has 1 amide bonds. The lowest BCUT2D eigenvalue weighted by Gasteiger charge is -2.36. The van der Waals surface area contributed by atoms with Gasteiger partial charge in [0.1, 0.15) is 0 Å². The normalized spacial score (nSPS) is 25.0. The quantitative estimate of drug-likeness (QED) is 0.812. The molecule has 94 valence electrons. The van der Waals surface area contributed by atoms with Crippen LogP contribution in [0.3, 0.4) is 0 Å². The Morgan fingerprint density at radius 1 is 1.65 bits per heavy atom. The van der Waals surface area contributed by atoms with E-state index in [4.69, 9.17) is 5.73 Å². The molecule has 2 unspecified atom stereocenters. The Hall–Kier alpha value is -1.36. The molecule has 0 spiro atoms. The zero-order valence-electron chi connectivity index (χ0n) is 10.5. The summed E-state index contributed by atoms with van der Waals surface area (Å²) < 4.78 is 1.65. The number of piperidine rings is 1. The van der Waals surface area contributed by atoms with Gasteiger partial charge in [-0.25, -0.2) is 0 Å². The van der Waals surface area contributed by atoms with Crippen molar-refractivity contribution in [2.24, 2.45) is 24.6 Å². The second-order valence-corrected chi connectivity index (χ2v) is 4.92. The summed E-state index contributed by atoms with van der Waals surface area (Å²) in [5.74, 6) is 1.10. The first-order valence-electron chi connectivity index (χ1n) is 6.09. The van der Waals surface area contributed by atoms with Crippen LogP contribution in [0.5, 0.6) is 0 Å². The fraction of sp³-hybridized carbons (Fsp3) is 0.667. The number of rotatable bonds is 2. The molecule has 5 nitrogen and oxygen atoms in total. The molecule has 0 saturated carbocycles. The number of nitrogens with zero attached hydrogens (tertiary/aromatic N) is 3. The average molecular weight is 236 g/mol. The molecule has 0 radical (unpaired) electrons. The van der Waals surface area contributed by atoms with Crippen molar-refractivity contribution in [1.82, 2.24) is 14.7 Å². The van der Waals surface area contributed by atoms with Crippen molar-refractivity contribution in [2.45, 2.75) is 13.3 Å². The molecule has 1 aromatic rings. The van der Waals surface area contributed by atoms with Crippen LogP contribution in [-0.4, -0.2) is 40.2 Å². The number of aryl methyl sites for hydroxylation is 1. The van der Waals surface area contributed by atoms with Crippen LogP contribution in [0.4, 0.5) is 0 Å². The van der Waals surface area contributed by atoms with Gasteiger partial charge in [-0.15, -0.1) is 0 Å². The van der Waals surface area contributed by atoms with Gasteiger partial charge < -0.3 is 10.6 Å². The maximum Gasteiger partial charge on any atom is 0.257 e. The van der Waals surface area contributed by atoms with Crippen molar-refractivity contribution in [1.29, 1.82) is 0 Å². The number of amides is 1. The van der Waals surface area contributed by atoms with Gasteiger partial charge in [-0.2, -0.15) is 5.10 Å². The van der Waals surface area contributed by atoms with Crippen molar-refractivity contribution in [3.05, 3.63) is 18.0 Å². The van der Waals surface area contributed by atoms with Gasteiger partial charge in [0.2, 0.25) is 0 Å². The van der Waals surface area contributed by atoms with E-state index >= 15 is 0 Å². The van der Waals surface area contributed by atoms with Gasteiger partial charge >= 0.3 is 0 Å². The number of likely N-dealkylation sites (tertiary alicyclic amines) is 1. The third-order valence-electron chi connectivity index (χ3n) is 3.66. The van der Waals surface area contributed by atoms with Crippen molar-refractivity contribution in [2.75, 3.05) is 19.6 Å². The zero-order chi connectivity index (χ0) is 12.4. The molecule has 2 N–H and O–H groups in total. The first-order chi connectivity index (χ1) is 8.11. The number of hydrogen-bond donors (Lipinski definition) is 1. The van der Waals surface area contributed by atoms with Crippen LogP contribution >= 0.6 is 0 Å². The maximum atomic E-state index is 12.2. The third kappa shape index (κ3) is 2.49. The molecule has 17 heavy (non-hydrogen) atoms. The summed E-state index contributed by atoms with van der Waals surface area (Å²) in [6, 6.07) is 0. The molecule has 2 rings (SSSR count). The Morgan fingerprint density at radius 2 is 2.41 bits per heavy atom. The summed E-state index contributed by atoms with van der Waals surface area (Å²) in [7, 11) is 1.82. The molecule has 1 saturated heterocycles. The van der Waals surface area contributed by atoms with E-state index in [0.717, 1.165) is 19.5 Å². The Balaban J connectivity index is 2.05. The van der Waals surface area contributed by atoms with Gasteiger partial charge in [0, 0.05) is 26.3 Å². The van der Waals surface area contributed by atoms with Crippen LogP contribution < -0.4 is 5.73 Å². The molecule has 0 aliphatic carbocycles. The van der Waals surface area contributed by atoms with Gasteiger partial charge in [0.05, 0.1) is 11.8 Å². The molecule has 2 heterocycles. The number of aromatic nitrogens is 2. The molecule has 1 aliphatic heterocycles. The topological polar surface area (TPSA) is 64.2 Å². The lowest BCUT2D eigenvalue weighted by molar-refractivity contribution is 0.0618. The Morgan fingerprint density at radius 3 is 3.00 bits per heavy atom. The fourth-order valence-electron chi connectivity index (χ4n) is 2.36. The molecule has 1 fully saturated rings. The van der Waals surface area contributed by atoms with Crippen molar-refractivity contribution in [3.63, 3.8) is 0 Å². The number of carbonyl (C=O) groups excluding carboxylic acids is 1. The SMILES string of the molecule is CC1CCN(C(=O)c2cnn(C)c2)CC1CN. The second-order valence-electron chi connectivity index (χ2n) is 4.92. The monoisotopic (exact) mass is 236 g/mol. The minimum Gasteiger partial charge on any atom is -0.338 e. The number of hydrogen-bond acceptors (Lipinski definition) is 3. The van der Waals surface area contributed by atoms with E-state index in [-0.39, 0.29) is 5.91 Å². The third-order valence-corrected chi connectivity index (χ3v) is 3.66. The highest BCUT2D eigenvalue weighted by Gasteiger charge is 2.28. The average Bonchev–Trinajstić information content (AvgIpc) is 2.75. The Kier molecular flexibility index (Phi) is 3.47. The second kappa shape index (κ2) is 4.87.